The van der Waals surface area contributed by atoms with Gasteiger partial charge in [0.1, 0.15) is 0 Å². The van der Waals surface area contributed by atoms with Gasteiger partial charge < -0.3 is 15.4 Å². The standard InChI is InChI=1S/C13H16N4O3/c1-19-8-7-17(9-10-5-3-2-4-6-10)13(18)11-12(14)16-20-15-11/h2-6H,7-9H2,1H3,(H2,14,16). The van der Waals surface area contributed by atoms with Crippen LogP contribution in [0.15, 0.2) is 35.0 Å². The molecule has 1 aromatic carbocycles. The Balaban J connectivity index is 2.15. The molecule has 0 aliphatic carbocycles. The highest BCUT2D eigenvalue weighted by Crippen LogP contribution is 2.12. The van der Waals surface area contributed by atoms with Gasteiger partial charge in [0.25, 0.3) is 5.91 Å². The molecule has 0 radical (unpaired) electrons. The number of benzene rings is 1. The second kappa shape index (κ2) is 6.67. The molecule has 1 aromatic heterocycles. The van der Waals surface area contributed by atoms with Crippen LogP contribution in [0.4, 0.5) is 5.82 Å². The van der Waals surface area contributed by atoms with Crippen molar-refractivity contribution < 1.29 is 14.2 Å². The molecular weight excluding hydrogens is 260 g/mol. The average molecular weight is 276 g/mol. The number of nitrogens with two attached hydrogens (primary N) is 1. The number of anilines is 1. The molecule has 7 nitrogen and oxygen atoms in total. The number of nitrogens with zero attached hydrogens (tertiary/aromatic N) is 3. The Morgan fingerprint density at radius 1 is 1.35 bits per heavy atom. The van der Waals surface area contributed by atoms with Crippen LogP contribution in [0.5, 0.6) is 0 Å². The number of ether oxygens (including phenoxy) is 1. The van der Waals surface area contributed by atoms with Crippen molar-refractivity contribution in [3.63, 3.8) is 0 Å². The third-order valence-corrected chi connectivity index (χ3v) is 2.79. The maximum absolute atomic E-state index is 12.4. The molecule has 1 amide bonds. The Hall–Kier alpha value is -2.41. The molecule has 0 fully saturated rings. The number of rotatable bonds is 6. The van der Waals surface area contributed by atoms with Gasteiger partial charge in [-0.05, 0) is 15.9 Å². The molecule has 0 spiro atoms. The topological polar surface area (TPSA) is 94.5 Å². The van der Waals surface area contributed by atoms with Crippen molar-refractivity contribution in [1.29, 1.82) is 0 Å². The molecule has 2 aromatic rings. The lowest BCUT2D eigenvalue weighted by Gasteiger charge is -2.21. The Morgan fingerprint density at radius 3 is 2.70 bits per heavy atom. The molecule has 0 saturated carbocycles. The van der Waals surface area contributed by atoms with Crippen LogP contribution < -0.4 is 5.73 Å². The number of methoxy groups -OCH3 is 1. The summed E-state index contributed by atoms with van der Waals surface area (Å²) in [5.74, 6) is -0.338. The minimum atomic E-state index is -0.329. The highest BCUT2D eigenvalue weighted by molar-refractivity contribution is 5.96. The Kier molecular flexibility index (Phi) is 4.67. The van der Waals surface area contributed by atoms with Crippen LogP contribution in [0.3, 0.4) is 0 Å². The van der Waals surface area contributed by atoms with E-state index in [1.54, 1.807) is 12.0 Å². The van der Waals surface area contributed by atoms with Crippen molar-refractivity contribution in [3.05, 3.63) is 41.6 Å². The fourth-order valence-corrected chi connectivity index (χ4v) is 1.75. The fourth-order valence-electron chi connectivity index (χ4n) is 1.75. The zero-order chi connectivity index (χ0) is 14.4. The summed E-state index contributed by atoms with van der Waals surface area (Å²) in [6, 6.07) is 9.64. The van der Waals surface area contributed by atoms with Gasteiger partial charge in [-0.25, -0.2) is 4.63 Å². The Labute approximate surface area is 116 Å². The van der Waals surface area contributed by atoms with E-state index in [4.69, 9.17) is 10.5 Å². The zero-order valence-corrected chi connectivity index (χ0v) is 11.2. The van der Waals surface area contributed by atoms with Crippen molar-refractivity contribution in [2.24, 2.45) is 0 Å². The molecule has 20 heavy (non-hydrogen) atoms. The van der Waals surface area contributed by atoms with E-state index in [-0.39, 0.29) is 17.4 Å². The first-order chi connectivity index (χ1) is 9.72. The third kappa shape index (κ3) is 3.33. The van der Waals surface area contributed by atoms with Crippen molar-refractivity contribution in [3.8, 4) is 0 Å². The first-order valence-corrected chi connectivity index (χ1v) is 6.12. The second-order valence-corrected chi connectivity index (χ2v) is 4.20. The van der Waals surface area contributed by atoms with E-state index in [1.807, 2.05) is 30.3 Å². The molecule has 2 N–H and O–H groups in total. The summed E-state index contributed by atoms with van der Waals surface area (Å²) in [6.45, 7) is 1.29. The smallest absolute Gasteiger partial charge is 0.280 e. The molecule has 1 heterocycles. The van der Waals surface area contributed by atoms with Crippen LogP contribution in [0, 0.1) is 0 Å². The lowest BCUT2D eigenvalue weighted by Crippen LogP contribution is -2.34. The van der Waals surface area contributed by atoms with Crippen LogP contribution in [-0.2, 0) is 11.3 Å². The molecular formula is C13H16N4O3. The summed E-state index contributed by atoms with van der Waals surface area (Å²) >= 11 is 0. The maximum Gasteiger partial charge on any atom is 0.280 e. The number of carbonyl (C=O) groups excluding carboxylic acids is 1. The quantitative estimate of drug-likeness (QED) is 0.843. The van der Waals surface area contributed by atoms with E-state index in [0.29, 0.717) is 19.7 Å². The summed E-state index contributed by atoms with van der Waals surface area (Å²) in [6.07, 6.45) is 0. The number of carbonyl (C=O) groups is 1. The van der Waals surface area contributed by atoms with Crippen LogP contribution in [0.1, 0.15) is 16.1 Å². The molecule has 0 aliphatic rings. The molecule has 0 aliphatic heterocycles. The first-order valence-electron chi connectivity index (χ1n) is 6.12. The third-order valence-electron chi connectivity index (χ3n) is 2.79. The summed E-state index contributed by atoms with van der Waals surface area (Å²) < 4.78 is 9.49. The second-order valence-electron chi connectivity index (χ2n) is 4.20. The normalized spacial score (nSPS) is 10.4. The summed E-state index contributed by atoms with van der Waals surface area (Å²) in [7, 11) is 1.58. The lowest BCUT2D eigenvalue weighted by atomic mass is 10.2. The van der Waals surface area contributed by atoms with E-state index >= 15 is 0 Å². The van der Waals surface area contributed by atoms with Crippen LogP contribution in [-0.4, -0.2) is 41.4 Å². The monoisotopic (exact) mass is 276 g/mol. The molecule has 0 atom stereocenters. The predicted molar refractivity (Wildman–Crippen MR) is 71.8 cm³/mol. The van der Waals surface area contributed by atoms with E-state index in [0.717, 1.165) is 5.56 Å². The minimum Gasteiger partial charge on any atom is -0.383 e. The minimum absolute atomic E-state index is 0.00882. The van der Waals surface area contributed by atoms with E-state index in [2.05, 4.69) is 14.9 Å². The van der Waals surface area contributed by atoms with Gasteiger partial charge in [-0.1, -0.05) is 30.3 Å². The number of amides is 1. The van der Waals surface area contributed by atoms with Crippen LogP contribution in [0.25, 0.3) is 0 Å². The largest absolute Gasteiger partial charge is 0.383 e. The Bertz CT molecular complexity index is 556. The zero-order valence-electron chi connectivity index (χ0n) is 11.2. The van der Waals surface area contributed by atoms with Gasteiger partial charge in [-0.15, -0.1) is 0 Å². The van der Waals surface area contributed by atoms with Gasteiger partial charge >= 0.3 is 0 Å². The van der Waals surface area contributed by atoms with Crippen molar-refractivity contribution in [1.82, 2.24) is 15.2 Å². The summed E-state index contributed by atoms with van der Waals surface area (Å²) in [4.78, 5) is 14.0. The van der Waals surface area contributed by atoms with Crippen LogP contribution >= 0.6 is 0 Å². The van der Waals surface area contributed by atoms with Gasteiger partial charge in [0.05, 0.1) is 6.61 Å². The van der Waals surface area contributed by atoms with Crippen molar-refractivity contribution >= 4 is 11.7 Å². The van der Waals surface area contributed by atoms with Gasteiger partial charge in [0.15, 0.2) is 0 Å². The molecule has 0 unspecified atom stereocenters. The molecule has 0 bridgehead atoms. The SMILES string of the molecule is COCCN(Cc1ccccc1)C(=O)c1nonc1N. The average Bonchev–Trinajstić information content (AvgIpc) is 2.90. The number of aromatic nitrogens is 2. The van der Waals surface area contributed by atoms with Gasteiger partial charge in [-0.2, -0.15) is 0 Å². The first kappa shape index (κ1) is 14.0. The van der Waals surface area contributed by atoms with E-state index in [9.17, 15) is 4.79 Å². The van der Waals surface area contributed by atoms with Gasteiger partial charge in [0.2, 0.25) is 11.5 Å². The lowest BCUT2D eigenvalue weighted by molar-refractivity contribution is 0.0670. The summed E-state index contributed by atoms with van der Waals surface area (Å²) in [5.41, 5.74) is 6.59. The summed E-state index contributed by atoms with van der Waals surface area (Å²) in [5, 5.41) is 6.96. The molecule has 106 valence electrons. The molecule has 0 saturated heterocycles. The highest BCUT2D eigenvalue weighted by Gasteiger charge is 2.22. The fraction of sp³-hybridized carbons (Fsp3) is 0.308. The van der Waals surface area contributed by atoms with Gasteiger partial charge in [-0.3, -0.25) is 4.79 Å². The number of hydrogen-bond donors (Lipinski definition) is 1. The van der Waals surface area contributed by atoms with Crippen molar-refractivity contribution in [2.75, 3.05) is 26.0 Å². The number of nitrogen functional groups attached to an aromatic ring is 1. The van der Waals surface area contributed by atoms with Crippen molar-refractivity contribution in [2.45, 2.75) is 6.54 Å². The highest BCUT2D eigenvalue weighted by atomic mass is 16.6. The maximum atomic E-state index is 12.4. The van der Waals surface area contributed by atoms with Crippen LogP contribution in [0.2, 0.25) is 0 Å². The predicted octanol–water partition coefficient (Wildman–Crippen LogP) is 0.941. The van der Waals surface area contributed by atoms with E-state index < -0.39 is 0 Å². The van der Waals surface area contributed by atoms with Gasteiger partial charge in [0, 0.05) is 20.2 Å². The molecule has 7 heteroatoms. The Morgan fingerprint density at radius 2 is 2.10 bits per heavy atom. The molecule has 2 rings (SSSR count). The van der Waals surface area contributed by atoms with E-state index in [1.165, 1.54) is 0 Å². The number of hydrogen-bond acceptors (Lipinski definition) is 6.